The molecule has 1 saturated carbocycles. The standard InChI is InChI=1S/C27H34ClN7O4S/c1-18-14-20(18)17-34(12-13-38-3)22-15-21(23(28)24(31-22)35(11-10-29)40(4,36)37)25-32-33-26(39-25)27(2,30)16-19-8-6-5-7-9-19/h5-9,15,18,20H,11-14,16-17,30H2,1-4H3/t18?,20?,27-/m1/s1. The van der Waals surface area contributed by atoms with E-state index in [1.54, 1.807) is 20.1 Å². The maximum Gasteiger partial charge on any atom is 0.249 e. The highest BCUT2D eigenvalue weighted by atomic mass is 35.5. The largest absolute Gasteiger partial charge is 0.419 e. The monoisotopic (exact) mass is 587 g/mol. The Morgan fingerprint density at radius 3 is 2.60 bits per heavy atom. The van der Waals surface area contributed by atoms with E-state index < -0.39 is 22.1 Å². The second-order valence-corrected chi connectivity index (χ2v) is 12.8. The Morgan fingerprint density at radius 1 is 1.30 bits per heavy atom. The molecule has 1 aliphatic carbocycles. The lowest BCUT2D eigenvalue weighted by Crippen LogP contribution is -2.35. The third-order valence-corrected chi connectivity index (χ3v) is 8.43. The maximum absolute atomic E-state index is 12.7. The van der Waals surface area contributed by atoms with Gasteiger partial charge in [0.15, 0.2) is 5.82 Å². The van der Waals surface area contributed by atoms with Gasteiger partial charge < -0.3 is 19.8 Å². The van der Waals surface area contributed by atoms with Gasteiger partial charge in [0.1, 0.15) is 12.4 Å². The molecule has 1 aromatic carbocycles. The van der Waals surface area contributed by atoms with Gasteiger partial charge in [-0.15, -0.1) is 10.2 Å². The van der Waals surface area contributed by atoms with E-state index in [4.69, 9.17) is 26.5 Å². The van der Waals surface area contributed by atoms with Crippen LogP contribution in [-0.2, 0) is 26.7 Å². The summed E-state index contributed by atoms with van der Waals surface area (Å²) >= 11 is 6.78. The number of rotatable bonds is 13. The molecule has 0 amide bonds. The fourth-order valence-electron chi connectivity index (χ4n) is 4.49. The first kappa shape index (κ1) is 29.7. The minimum atomic E-state index is -3.90. The van der Waals surface area contributed by atoms with E-state index in [1.165, 1.54) is 0 Å². The third-order valence-electron chi connectivity index (χ3n) is 6.96. The van der Waals surface area contributed by atoms with Crippen LogP contribution in [0.4, 0.5) is 11.6 Å². The molecule has 1 fully saturated rings. The highest BCUT2D eigenvalue weighted by Crippen LogP contribution is 2.41. The van der Waals surface area contributed by atoms with E-state index in [2.05, 4.69) is 22.1 Å². The van der Waals surface area contributed by atoms with Crippen LogP contribution in [0.1, 0.15) is 31.7 Å². The van der Waals surface area contributed by atoms with E-state index in [9.17, 15) is 13.7 Å². The van der Waals surface area contributed by atoms with Gasteiger partial charge in [0.25, 0.3) is 0 Å². The number of nitrogens with zero attached hydrogens (tertiary/aromatic N) is 6. The average Bonchev–Trinajstić information content (AvgIpc) is 3.36. The molecule has 0 aliphatic heterocycles. The molecule has 2 N–H and O–H groups in total. The molecule has 11 nitrogen and oxygen atoms in total. The van der Waals surface area contributed by atoms with Crippen molar-refractivity contribution in [2.45, 2.75) is 32.2 Å². The molecule has 3 aromatic rings. The second kappa shape index (κ2) is 12.1. The van der Waals surface area contributed by atoms with Crippen molar-refractivity contribution in [3.63, 3.8) is 0 Å². The summed E-state index contributed by atoms with van der Waals surface area (Å²) < 4.78 is 37.6. The van der Waals surface area contributed by atoms with Crippen molar-refractivity contribution in [2.75, 3.05) is 48.8 Å². The average molecular weight is 588 g/mol. The van der Waals surface area contributed by atoms with Gasteiger partial charge in [-0.3, -0.25) is 0 Å². The number of ether oxygens (including phenoxy) is 1. The molecular formula is C27H34ClN7O4S. The number of pyridine rings is 1. The number of methoxy groups -OCH3 is 1. The number of sulfonamides is 1. The lowest BCUT2D eigenvalue weighted by molar-refractivity contribution is 0.204. The van der Waals surface area contributed by atoms with Crippen LogP contribution in [0.25, 0.3) is 11.5 Å². The van der Waals surface area contributed by atoms with Crippen LogP contribution in [-0.4, -0.2) is 63.2 Å². The predicted molar refractivity (Wildman–Crippen MR) is 153 cm³/mol. The van der Waals surface area contributed by atoms with Crippen LogP contribution in [0, 0.1) is 23.2 Å². The van der Waals surface area contributed by atoms with E-state index >= 15 is 0 Å². The number of halogens is 1. The molecule has 0 bridgehead atoms. The fourth-order valence-corrected chi connectivity index (χ4v) is 5.56. The minimum absolute atomic E-state index is 0.0344. The first-order valence-corrected chi connectivity index (χ1v) is 15.1. The molecule has 3 atom stereocenters. The highest BCUT2D eigenvalue weighted by molar-refractivity contribution is 7.92. The summed E-state index contributed by atoms with van der Waals surface area (Å²) in [6.07, 6.45) is 2.53. The van der Waals surface area contributed by atoms with Crippen molar-refractivity contribution in [2.24, 2.45) is 17.6 Å². The minimum Gasteiger partial charge on any atom is -0.419 e. The van der Waals surface area contributed by atoms with Crippen molar-refractivity contribution in [3.05, 3.63) is 52.9 Å². The van der Waals surface area contributed by atoms with Crippen molar-refractivity contribution >= 4 is 33.3 Å². The van der Waals surface area contributed by atoms with Crippen LogP contribution >= 0.6 is 11.6 Å². The summed E-state index contributed by atoms with van der Waals surface area (Å²) in [5.41, 5.74) is 6.90. The Balaban J connectivity index is 1.81. The second-order valence-electron chi connectivity index (χ2n) is 10.5. The van der Waals surface area contributed by atoms with E-state index in [0.717, 1.165) is 22.5 Å². The molecule has 0 saturated heterocycles. The molecule has 2 unspecified atom stereocenters. The Labute approximate surface area is 240 Å². The molecule has 2 heterocycles. The summed E-state index contributed by atoms with van der Waals surface area (Å²) in [4.78, 5) is 6.66. The van der Waals surface area contributed by atoms with Crippen molar-refractivity contribution in [1.29, 1.82) is 5.26 Å². The summed E-state index contributed by atoms with van der Waals surface area (Å²) in [6, 6.07) is 13.3. The molecule has 214 valence electrons. The van der Waals surface area contributed by atoms with Gasteiger partial charge in [0.2, 0.25) is 21.8 Å². The number of hydrogen-bond acceptors (Lipinski definition) is 10. The third kappa shape index (κ3) is 6.90. The zero-order chi connectivity index (χ0) is 29.1. The smallest absolute Gasteiger partial charge is 0.249 e. The first-order chi connectivity index (χ1) is 18.9. The van der Waals surface area contributed by atoms with Gasteiger partial charge in [0.05, 0.1) is 35.1 Å². The van der Waals surface area contributed by atoms with Crippen LogP contribution in [0.2, 0.25) is 5.02 Å². The fraction of sp³-hybridized carbons (Fsp3) is 0.481. The Kier molecular flexibility index (Phi) is 8.99. The zero-order valence-electron chi connectivity index (χ0n) is 23.0. The first-order valence-electron chi connectivity index (χ1n) is 12.9. The van der Waals surface area contributed by atoms with E-state index in [-0.39, 0.29) is 28.2 Å². The van der Waals surface area contributed by atoms with Crippen LogP contribution in [0.3, 0.4) is 0 Å². The highest BCUT2D eigenvalue weighted by Gasteiger charge is 2.36. The van der Waals surface area contributed by atoms with Gasteiger partial charge in [-0.1, -0.05) is 48.9 Å². The van der Waals surface area contributed by atoms with Crippen molar-refractivity contribution < 1.29 is 17.6 Å². The lowest BCUT2D eigenvalue weighted by atomic mass is 9.94. The van der Waals surface area contributed by atoms with Gasteiger partial charge in [-0.25, -0.2) is 17.7 Å². The molecule has 40 heavy (non-hydrogen) atoms. The quantitative estimate of drug-likeness (QED) is 0.294. The van der Waals surface area contributed by atoms with Gasteiger partial charge in [0, 0.05) is 20.2 Å². The van der Waals surface area contributed by atoms with Crippen LogP contribution in [0.5, 0.6) is 0 Å². The van der Waals surface area contributed by atoms with Crippen LogP contribution < -0.4 is 14.9 Å². The zero-order valence-corrected chi connectivity index (χ0v) is 24.6. The number of nitriles is 1. The molecule has 13 heteroatoms. The van der Waals surface area contributed by atoms with Gasteiger partial charge in [-0.05, 0) is 43.2 Å². The van der Waals surface area contributed by atoms with Gasteiger partial charge in [-0.2, -0.15) is 5.26 Å². The number of hydrogen-bond donors (Lipinski definition) is 1. The molecular weight excluding hydrogens is 554 g/mol. The summed E-state index contributed by atoms with van der Waals surface area (Å²) in [5.74, 6) is 1.67. The molecule has 0 radical (unpaired) electrons. The van der Waals surface area contributed by atoms with E-state index in [1.807, 2.05) is 41.3 Å². The number of aromatic nitrogens is 3. The van der Waals surface area contributed by atoms with E-state index in [0.29, 0.717) is 43.8 Å². The maximum atomic E-state index is 12.7. The predicted octanol–water partition coefficient (Wildman–Crippen LogP) is 3.60. The molecule has 0 spiro atoms. The summed E-state index contributed by atoms with van der Waals surface area (Å²) in [6.45, 7) is 5.14. The summed E-state index contributed by atoms with van der Waals surface area (Å²) in [7, 11) is -2.29. The molecule has 2 aromatic heterocycles. The Morgan fingerprint density at radius 2 is 2.00 bits per heavy atom. The lowest BCUT2D eigenvalue weighted by Gasteiger charge is -2.27. The number of anilines is 2. The van der Waals surface area contributed by atoms with Crippen LogP contribution in [0.15, 0.2) is 40.8 Å². The molecule has 4 rings (SSSR count). The topological polar surface area (TPSA) is 151 Å². The number of nitrogens with two attached hydrogens (primary N) is 1. The van der Waals surface area contributed by atoms with Crippen molar-refractivity contribution in [1.82, 2.24) is 15.2 Å². The SMILES string of the molecule is COCCN(CC1CC1C)c1cc(-c2nnc([C@](C)(N)Cc3ccccc3)o2)c(Cl)c(N(CC#N)S(C)(=O)=O)n1. The Bertz CT molecular complexity index is 1470. The van der Waals surface area contributed by atoms with Gasteiger partial charge >= 0.3 is 0 Å². The molecule has 1 aliphatic rings. The summed E-state index contributed by atoms with van der Waals surface area (Å²) in [5, 5.41) is 17.8. The van der Waals surface area contributed by atoms with Crippen molar-refractivity contribution in [3.8, 4) is 17.5 Å². The Hall–Kier alpha value is -3.24. The number of benzene rings is 1. The normalized spacial score (nSPS) is 18.1.